The van der Waals surface area contributed by atoms with Crippen LogP contribution >= 0.6 is 32.0 Å². The topological polar surface area (TPSA) is 38.0 Å². The van der Waals surface area contributed by atoms with Gasteiger partial charge in [0.15, 0.2) is 0 Å². The van der Waals surface area contributed by atoms with Crippen LogP contribution in [-0.4, -0.2) is 20.6 Å². The molecule has 0 aliphatic heterocycles. The van der Waals surface area contributed by atoms with Crippen molar-refractivity contribution in [1.29, 1.82) is 0 Å². The van der Waals surface area contributed by atoms with Crippen molar-refractivity contribution in [2.24, 2.45) is 0 Å². The third kappa shape index (κ3) is 3.11. The highest BCUT2D eigenvalue weighted by Gasteiger charge is 2.06. The molecule has 0 bridgehead atoms. The summed E-state index contributed by atoms with van der Waals surface area (Å²) in [4.78, 5) is 13.0. The third-order valence-corrected chi connectivity index (χ3v) is 3.90. The van der Waals surface area contributed by atoms with Gasteiger partial charge in [-0.15, -0.1) is 0 Å². The lowest BCUT2D eigenvalue weighted by molar-refractivity contribution is 0.619. The molecule has 1 aromatic carbocycles. The van der Waals surface area contributed by atoms with E-state index >= 15 is 0 Å². The van der Waals surface area contributed by atoms with Gasteiger partial charge in [0, 0.05) is 15.4 Å². The van der Waals surface area contributed by atoms with E-state index in [-0.39, 0.29) is 8.81 Å². The number of aryl methyl sites for hydroxylation is 1. The second kappa shape index (κ2) is 6.01. The van der Waals surface area contributed by atoms with E-state index in [2.05, 4.69) is 9.55 Å². The van der Waals surface area contributed by atoms with E-state index < -0.39 is 0 Å². The standard InChI is InChI=1S/C11H13Cl2N2OP/c12-8-5-10-11(6-9(8)13)15(7-14-10)3-1-2-4-17-16/h5-7,16-17H,1-4H2. The van der Waals surface area contributed by atoms with Crippen molar-refractivity contribution in [2.45, 2.75) is 19.4 Å². The number of nitrogens with zero attached hydrogens (tertiary/aromatic N) is 2. The van der Waals surface area contributed by atoms with Gasteiger partial charge in [0.1, 0.15) is 0 Å². The third-order valence-electron chi connectivity index (χ3n) is 2.60. The molecule has 2 rings (SSSR count). The van der Waals surface area contributed by atoms with Crippen molar-refractivity contribution < 1.29 is 4.89 Å². The second-order valence-corrected chi connectivity index (χ2v) is 5.44. The zero-order valence-electron chi connectivity index (χ0n) is 9.16. The van der Waals surface area contributed by atoms with Crippen molar-refractivity contribution in [3.8, 4) is 0 Å². The van der Waals surface area contributed by atoms with Gasteiger partial charge in [-0.2, -0.15) is 0 Å². The molecule has 0 aliphatic rings. The Hall–Kier alpha value is -0.340. The number of hydrogen-bond acceptors (Lipinski definition) is 2. The number of unbranched alkanes of at least 4 members (excludes halogenated alkanes) is 1. The van der Waals surface area contributed by atoms with Gasteiger partial charge in [0.05, 0.1) is 27.4 Å². The Morgan fingerprint density at radius 3 is 2.76 bits per heavy atom. The maximum absolute atomic E-state index is 8.74. The van der Waals surface area contributed by atoms with Gasteiger partial charge in [-0.25, -0.2) is 4.98 Å². The van der Waals surface area contributed by atoms with Crippen molar-refractivity contribution in [1.82, 2.24) is 9.55 Å². The van der Waals surface area contributed by atoms with Crippen LogP contribution in [-0.2, 0) is 6.54 Å². The number of rotatable bonds is 5. The van der Waals surface area contributed by atoms with Crippen LogP contribution in [0.5, 0.6) is 0 Å². The molecule has 1 heterocycles. The van der Waals surface area contributed by atoms with Gasteiger partial charge in [0.25, 0.3) is 0 Å². The normalized spacial score (nSPS) is 11.9. The first kappa shape index (κ1) is 13.1. The Morgan fingerprint density at radius 1 is 1.24 bits per heavy atom. The number of benzene rings is 1. The second-order valence-electron chi connectivity index (χ2n) is 3.81. The smallest absolute Gasteiger partial charge is 0.0958 e. The lowest BCUT2D eigenvalue weighted by atomic mass is 10.3. The van der Waals surface area contributed by atoms with Crippen molar-refractivity contribution in [3.63, 3.8) is 0 Å². The maximum Gasteiger partial charge on any atom is 0.0958 e. The van der Waals surface area contributed by atoms with Crippen LogP contribution in [0.1, 0.15) is 12.8 Å². The maximum atomic E-state index is 8.74. The fourth-order valence-electron chi connectivity index (χ4n) is 1.72. The van der Waals surface area contributed by atoms with E-state index in [0.717, 1.165) is 36.6 Å². The van der Waals surface area contributed by atoms with Crippen LogP contribution in [0, 0.1) is 0 Å². The van der Waals surface area contributed by atoms with Crippen LogP contribution in [0.2, 0.25) is 10.0 Å². The molecule has 1 unspecified atom stereocenters. The molecule has 0 aliphatic carbocycles. The van der Waals surface area contributed by atoms with Gasteiger partial charge in [-0.1, -0.05) is 23.2 Å². The van der Waals surface area contributed by atoms with E-state index in [1.165, 1.54) is 0 Å². The largest absolute Gasteiger partial charge is 0.377 e. The Labute approximate surface area is 112 Å². The zero-order chi connectivity index (χ0) is 12.3. The quantitative estimate of drug-likeness (QED) is 0.673. The molecule has 1 atom stereocenters. The molecule has 3 nitrogen and oxygen atoms in total. The van der Waals surface area contributed by atoms with E-state index in [9.17, 15) is 0 Å². The van der Waals surface area contributed by atoms with Crippen molar-refractivity contribution in [3.05, 3.63) is 28.5 Å². The summed E-state index contributed by atoms with van der Waals surface area (Å²) in [5.41, 5.74) is 1.87. The number of aromatic nitrogens is 2. The fraction of sp³-hybridized carbons (Fsp3) is 0.364. The first-order valence-electron chi connectivity index (χ1n) is 5.39. The Morgan fingerprint density at radius 2 is 2.00 bits per heavy atom. The Balaban J connectivity index is 2.15. The molecule has 0 saturated carbocycles. The lowest BCUT2D eigenvalue weighted by Crippen LogP contribution is -1.96. The fourth-order valence-corrected chi connectivity index (χ4v) is 2.44. The van der Waals surface area contributed by atoms with E-state index in [1.807, 2.05) is 6.07 Å². The minimum Gasteiger partial charge on any atom is -0.377 e. The van der Waals surface area contributed by atoms with Crippen LogP contribution < -0.4 is 0 Å². The lowest BCUT2D eigenvalue weighted by Gasteiger charge is -2.04. The molecule has 92 valence electrons. The molecule has 0 saturated heterocycles. The molecule has 17 heavy (non-hydrogen) atoms. The van der Waals surface area contributed by atoms with Crippen LogP contribution in [0.3, 0.4) is 0 Å². The summed E-state index contributed by atoms with van der Waals surface area (Å²) in [6, 6.07) is 3.63. The summed E-state index contributed by atoms with van der Waals surface area (Å²) < 4.78 is 2.07. The van der Waals surface area contributed by atoms with Crippen LogP contribution in [0.25, 0.3) is 11.0 Å². The summed E-state index contributed by atoms with van der Waals surface area (Å²) in [5, 5.41) is 1.09. The van der Waals surface area contributed by atoms with Gasteiger partial charge < -0.3 is 9.46 Å². The monoisotopic (exact) mass is 290 g/mol. The Kier molecular flexibility index (Phi) is 4.63. The molecule has 0 fully saturated rings. The highest BCUT2D eigenvalue weighted by Crippen LogP contribution is 2.27. The molecule has 1 aromatic heterocycles. The first-order valence-corrected chi connectivity index (χ1v) is 7.30. The molecular formula is C11H13Cl2N2OP. The molecule has 0 amide bonds. The Bertz CT molecular complexity index is 515. The first-order chi connectivity index (χ1) is 8.22. The van der Waals surface area contributed by atoms with Gasteiger partial charge in [-0.3, -0.25) is 0 Å². The summed E-state index contributed by atoms with van der Waals surface area (Å²) in [6.07, 6.45) is 4.73. The predicted octanol–water partition coefficient (Wildman–Crippen LogP) is 3.71. The summed E-state index contributed by atoms with van der Waals surface area (Å²) in [5.74, 6) is 0. The number of halogens is 2. The molecule has 6 heteroatoms. The SMILES string of the molecule is OPCCCCn1cnc2cc(Cl)c(Cl)cc21. The van der Waals surface area contributed by atoms with Gasteiger partial charge in [-0.05, 0) is 31.1 Å². The summed E-state index contributed by atoms with van der Waals surface area (Å²) in [6.45, 7) is 0.888. The molecule has 0 radical (unpaired) electrons. The van der Waals surface area contributed by atoms with Crippen molar-refractivity contribution >= 4 is 43.0 Å². The number of hydrogen-bond donors (Lipinski definition) is 1. The van der Waals surface area contributed by atoms with Gasteiger partial charge in [0.2, 0.25) is 0 Å². The molecular weight excluding hydrogens is 278 g/mol. The van der Waals surface area contributed by atoms with Gasteiger partial charge >= 0.3 is 0 Å². The highest BCUT2D eigenvalue weighted by molar-refractivity contribution is 7.31. The predicted molar refractivity (Wildman–Crippen MR) is 74.4 cm³/mol. The van der Waals surface area contributed by atoms with Crippen molar-refractivity contribution in [2.75, 3.05) is 6.16 Å². The van der Waals surface area contributed by atoms with Crippen LogP contribution in [0.4, 0.5) is 0 Å². The molecule has 0 spiro atoms. The highest BCUT2D eigenvalue weighted by atomic mass is 35.5. The van der Waals surface area contributed by atoms with Crippen LogP contribution in [0.15, 0.2) is 18.5 Å². The molecule has 1 N–H and O–H groups in total. The summed E-state index contributed by atoms with van der Waals surface area (Å²) in [7, 11) is 0.0469. The number of fused-ring (bicyclic) bond motifs is 1. The number of imidazole rings is 1. The molecule has 2 aromatic rings. The van der Waals surface area contributed by atoms with E-state index in [4.69, 9.17) is 28.1 Å². The zero-order valence-corrected chi connectivity index (χ0v) is 11.7. The minimum atomic E-state index is 0.0469. The van der Waals surface area contributed by atoms with E-state index in [1.54, 1.807) is 12.4 Å². The average Bonchev–Trinajstić information content (AvgIpc) is 2.68. The van der Waals surface area contributed by atoms with E-state index in [0.29, 0.717) is 10.0 Å². The average molecular weight is 291 g/mol. The minimum absolute atomic E-state index is 0.0469. The summed E-state index contributed by atoms with van der Waals surface area (Å²) >= 11 is 11.9.